The Labute approximate surface area is 87.0 Å². The van der Waals surface area contributed by atoms with Gasteiger partial charge in [-0.2, -0.15) is 26.3 Å². The van der Waals surface area contributed by atoms with E-state index in [0.29, 0.717) is 6.20 Å². The Morgan fingerprint density at radius 3 is 1.88 bits per heavy atom. The molecule has 1 heterocycles. The van der Waals surface area contributed by atoms with E-state index in [0.717, 1.165) is 0 Å². The highest BCUT2D eigenvalue weighted by atomic mass is 32.3. The Morgan fingerprint density at radius 1 is 1.19 bits per heavy atom. The van der Waals surface area contributed by atoms with Crippen molar-refractivity contribution in [1.82, 2.24) is 0 Å². The second-order valence-corrected chi connectivity index (χ2v) is 5.82. The van der Waals surface area contributed by atoms with Crippen LogP contribution in [0.2, 0.25) is 0 Å². The van der Waals surface area contributed by atoms with Crippen molar-refractivity contribution in [3.05, 3.63) is 11.1 Å². The van der Waals surface area contributed by atoms with E-state index < -0.39 is 37.7 Å². The zero-order valence-electron chi connectivity index (χ0n) is 7.43. The van der Waals surface area contributed by atoms with Crippen LogP contribution in [0.15, 0.2) is 16.1 Å². The van der Waals surface area contributed by atoms with Gasteiger partial charge in [0.1, 0.15) is 0 Å². The first-order valence-corrected chi connectivity index (χ1v) is 5.31. The number of aliphatic hydroxyl groups excluding tert-OH is 1. The fraction of sp³-hybridized carbons (Fsp3) is 0.500. The Morgan fingerprint density at radius 2 is 1.62 bits per heavy atom. The summed E-state index contributed by atoms with van der Waals surface area (Å²) < 4.78 is 75.6. The van der Waals surface area contributed by atoms with Gasteiger partial charge in [0, 0.05) is 21.1 Å². The van der Waals surface area contributed by atoms with Crippen LogP contribution in [-0.2, 0) is 0 Å². The molecule has 1 aliphatic rings. The number of hydrogen-bond acceptors (Lipinski definition) is 3. The quantitative estimate of drug-likeness (QED) is 0.714. The molecule has 0 fully saturated rings. The number of rotatable bonds is 1. The molecule has 16 heavy (non-hydrogen) atoms. The summed E-state index contributed by atoms with van der Waals surface area (Å²) in [5.41, 5.74) is -6.51. The lowest BCUT2D eigenvalue weighted by atomic mass is 10.6. The minimum Gasteiger partial charge on any atom is -0.391 e. The van der Waals surface area contributed by atoms with Crippen LogP contribution in [0.25, 0.3) is 0 Å². The summed E-state index contributed by atoms with van der Waals surface area (Å²) in [6.07, 6.45) is 0.325. The first kappa shape index (κ1) is 13.2. The molecular formula is C6H6F6N2OS. The minimum absolute atomic E-state index is 0.325. The van der Waals surface area contributed by atoms with E-state index >= 15 is 0 Å². The van der Waals surface area contributed by atoms with Crippen LogP contribution in [0.4, 0.5) is 26.3 Å². The van der Waals surface area contributed by atoms with Crippen LogP contribution in [0.1, 0.15) is 0 Å². The largest absolute Gasteiger partial charge is 0.443 e. The smallest absolute Gasteiger partial charge is 0.391 e. The minimum atomic E-state index is -5.62. The summed E-state index contributed by atoms with van der Waals surface area (Å²) >= 11 is 0. The highest BCUT2D eigenvalue weighted by molar-refractivity contribution is 8.49. The van der Waals surface area contributed by atoms with Gasteiger partial charge in [0.2, 0.25) is 0 Å². The van der Waals surface area contributed by atoms with Crippen molar-refractivity contribution in [3.63, 3.8) is 0 Å². The molecule has 0 bridgehead atoms. The summed E-state index contributed by atoms with van der Waals surface area (Å²) in [6.45, 7) is -1.39. The number of halogens is 6. The lowest BCUT2D eigenvalue weighted by Gasteiger charge is -2.39. The molecule has 1 aliphatic heterocycles. The summed E-state index contributed by atoms with van der Waals surface area (Å²) in [5.74, 6) is 0. The zero-order valence-corrected chi connectivity index (χ0v) is 8.25. The van der Waals surface area contributed by atoms with Crippen LogP contribution in [-0.4, -0.2) is 27.9 Å². The van der Waals surface area contributed by atoms with Crippen molar-refractivity contribution < 1.29 is 31.4 Å². The third kappa shape index (κ3) is 1.47. The zero-order chi connectivity index (χ0) is 12.8. The number of aliphatic hydroxyl groups is 1. The van der Waals surface area contributed by atoms with Crippen molar-refractivity contribution in [2.75, 3.05) is 6.61 Å². The van der Waals surface area contributed by atoms with E-state index in [2.05, 4.69) is 4.99 Å². The van der Waals surface area contributed by atoms with E-state index in [1.165, 1.54) is 0 Å². The van der Waals surface area contributed by atoms with Gasteiger partial charge in [0.15, 0.2) is 5.17 Å². The van der Waals surface area contributed by atoms with Crippen molar-refractivity contribution in [3.8, 4) is 0 Å². The maximum Gasteiger partial charge on any atom is 0.443 e. The third-order valence-electron chi connectivity index (χ3n) is 1.89. The molecule has 0 saturated heterocycles. The molecule has 1 rings (SSSR count). The number of alkyl halides is 6. The standard InChI is InChI=1S/C6H6F6N2OS/c7-5(8,9)16(6(10,11)12)3(2-15)1-14-4(16)13/h1,15H,2H2,(H2,13,14). The molecule has 0 aromatic rings. The summed E-state index contributed by atoms with van der Waals surface area (Å²) in [6, 6.07) is 0. The second-order valence-electron chi connectivity index (χ2n) is 2.72. The lowest BCUT2D eigenvalue weighted by Crippen LogP contribution is -2.41. The maximum absolute atomic E-state index is 12.6. The summed E-state index contributed by atoms with van der Waals surface area (Å²) in [4.78, 5) is 1.60. The van der Waals surface area contributed by atoms with Gasteiger partial charge in [-0.3, -0.25) is 0 Å². The van der Waals surface area contributed by atoms with Gasteiger partial charge < -0.3 is 10.8 Å². The topological polar surface area (TPSA) is 58.6 Å². The number of nitrogens with zero attached hydrogens (tertiary/aromatic N) is 1. The summed E-state index contributed by atoms with van der Waals surface area (Å²) in [7, 11) is -5.42. The van der Waals surface area contributed by atoms with Gasteiger partial charge in [0.25, 0.3) is 0 Å². The third-order valence-corrected chi connectivity index (χ3v) is 5.04. The van der Waals surface area contributed by atoms with Crippen LogP contribution in [0, 0.1) is 0 Å². The molecule has 0 aromatic heterocycles. The molecule has 0 amide bonds. The fourth-order valence-electron chi connectivity index (χ4n) is 1.23. The first-order chi connectivity index (χ1) is 7.09. The second kappa shape index (κ2) is 3.55. The van der Waals surface area contributed by atoms with Crippen LogP contribution in [0.3, 0.4) is 0 Å². The van der Waals surface area contributed by atoms with Crippen molar-refractivity contribution in [2.45, 2.75) is 11.0 Å². The molecule has 0 spiro atoms. The molecule has 94 valence electrons. The molecule has 10 heteroatoms. The molecule has 0 saturated carbocycles. The average molecular weight is 268 g/mol. The van der Waals surface area contributed by atoms with Gasteiger partial charge in [-0.05, 0) is 0 Å². The van der Waals surface area contributed by atoms with Gasteiger partial charge in [0.05, 0.1) is 6.61 Å². The molecular weight excluding hydrogens is 262 g/mol. The Kier molecular flexibility index (Phi) is 2.92. The number of nitrogens with two attached hydrogens (primary N) is 1. The molecule has 0 aromatic carbocycles. The first-order valence-electron chi connectivity index (χ1n) is 3.68. The molecule has 0 unspecified atom stereocenters. The molecule has 0 radical (unpaired) electrons. The van der Waals surface area contributed by atoms with Gasteiger partial charge in [-0.1, -0.05) is 0 Å². The lowest BCUT2D eigenvalue weighted by molar-refractivity contribution is -0.0762. The number of hydrogen-bond donors (Lipinski definition) is 2. The maximum atomic E-state index is 12.6. The highest BCUT2D eigenvalue weighted by Gasteiger charge is 2.71. The highest BCUT2D eigenvalue weighted by Crippen LogP contribution is 2.77. The average Bonchev–Trinajstić information content (AvgIpc) is 2.40. The van der Waals surface area contributed by atoms with E-state index in [-0.39, 0.29) is 0 Å². The van der Waals surface area contributed by atoms with Crippen LogP contribution < -0.4 is 5.73 Å². The normalized spacial score (nSPS) is 22.7. The molecule has 3 N–H and O–H groups in total. The predicted molar refractivity (Wildman–Crippen MR) is 46.5 cm³/mol. The van der Waals surface area contributed by atoms with E-state index in [4.69, 9.17) is 10.8 Å². The van der Waals surface area contributed by atoms with Crippen molar-refractivity contribution >= 4 is 15.2 Å². The predicted octanol–water partition coefficient (Wildman–Crippen LogP) is 1.99. The Bertz CT molecular complexity index is 343. The van der Waals surface area contributed by atoms with Gasteiger partial charge in [-0.25, -0.2) is 4.99 Å². The molecule has 3 nitrogen and oxygen atoms in total. The van der Waals surface area contributed by atoms with Crippen molar-refractivity contribution in [2.24, 2.45) is 10.7 Å². The molecule has 0 atom stereocenters. The van der Waals surface area contributed by atoms with Crippen LogP contribution in [0.5, 0.6) is 0 Å². The van der Waals surface area contributed by atoms with Gasteiger partial charge in [-0.15, -0.1) is 0 Å². The fourth-order valence-corrected chi connectivity index (χ4v) is 3.45. The summed E-state index contributed by atoms with van der Waals surface area (Å²) in [5, 5.41) is 7.02. The Balaban J connectivity index is 3.48. The number of aliphatic imine (C=N–C) groups is 1. The Hall–Kier alpha value is -0.900. The van der Waals surface area contributed by atoms with E-state index in [1.54, 1.807) is 0 Å². The monoisotopic (exact) mass is 268 g/mol. The number of amidine groups is 1. The SMILES string of the molecule is NC1=NC=C(CO)S1(C(F)(F)F)C(F)(F)F. The van der Waals surface area contributed by atoms with Crippen molar-refractivity contribution in [1.29, 1.82) is 0 Å². The van der Waals surface area contributed by atoms with E-state index in [1.807, 2.05) is 0 Å². The van der Waals surface area contributed by atoms with Gasteiger partial charge >= 0.3 is 11.0 Å². The molecule has 0 aliphatic carbocycles. The van der Waals surface area contributed by atoms with Crippen LogP contribution >= 0.6 is 10.0 Å². The van der Waals surface area contributed by atoms with E-state index in [9.17, 15) is 26.3 Å².